The summed E-state index contributed by atoms with van der Waals surface area (Å²) in [5.41, 5.74) is 2.58. The lowest BCUT2D eigenvalue weighted by Gasteiger charge is -1.99. The molecule has 0 aliphatic heterocycles. The van der Waals surface area contributed by atoms with Crippen molar-refractivity contribution in [1.29, 1.82) is 0 Å². The number of hydrogen-bond donors (Lipinski definition) is 1. The summed E-state index contributed by atoms with van der Waals surface area (Å²) in [6.45, 7) is 2.88. The molecule has 0 amide bonds. The summed E-state index contributed by atoms with van der Waals surface area (Å²) in [4.78, 5) is 0. The van der Waals surface area contributed by atoms with Crippen molar-refractivity contribution in [2.24, 2.45) is 0 Å². The molecule has 1 aromatic carbocycles. The first-order valence-electron chi connectivity index (χ1n) is 5.55. The van der Waals surface area contributed by atoms with Gasteiger partial charge in [0.05, 0.1) is 6.54 Å². The van der Waals surface area contributed by atoms with E-state index in [0.717, 1.165) is 24.5 Å². The standard InChI is InChI=1S/C14H17NO/c1-11-3-5-12(6-4-11)9-13-7-8-14(16-13)10-15-2/h3-8,15H,9-10H2,1-2H3. The van der Waals surface area contributed by atoms with Crippen molar-refractivity contribution in [2.45, 2.75) is 19.9 Å². The molecule has 0 saturated heterocycles. The normalized spacial score (nSPS) is 10.6. The zero-order chi connectivity index (χ0) is 11.4. The average Bonchev–Trinajstić information content (AvgIpc) is 2.70. The first kappa shape index (κ1) is 11.0. The van der Waals surface area contributed by atoms with Crippen LogP contribution in [0.1, 0.15) is 22.6 Å². The molecular formula is C14H17NO. The Kier molecular flexibility index (Phi) is 3.42. The van der Waals surface area contributed by atoms with Gasteiger partial charge in [0.1, 0.15) is 11.5 Å². The smallest absolute Gasteiger partial charge is 0.117 e. The van der Waals surface area contributed by atoms with E-state index in [9.17, 15) is 0 Å². The molecule has 0 fully saturated rings. The van der Waals surface area contributed by atoms with Crippen LogP contribution in [0.15, 0.2) is 40.8 Å². The minimum atomic E-state index is 0.786. The van der Waals surface area contributed by atoms with Gasteiger partial charge >= 0.3 is 0 Å². The molecule has 1 aromatic heterocycles. The van der Waals surface area contributed by atoms with E-state index >= 15 is 0 Å². The number of hydrogen-bond acceptors (Lipinski definition) is 2. The van der Waals surface area contributed by atoms with Crippen LogP contribution in [-0.2, 0) is 13.0 Å². The molecule has 2 rings (SSSR count). The Morgan fingerprint density at radius 1 is 1.00 bits per heavy atom. The van der Waals surface area contributed by atoms with E-state index in [0.29, 0.717) is 0 Å². The monoisotopic (exact) mass is 215 g/mol. The van der Waals surface area contributed by atoms with E-state index in [4.69, 9.17) is 4.42 Å². The zero-order valence-corrected chi connectivity index (χ0v) is 9.79. The van der Waals surface area contributed by atoms with Crippen molar-refractivity contribution >= 4 is 0 Å². The van der Waals surface area contributed by atoms with Crippen LogP contribution in [0.4, 0.5) is 0 Å². The molecule has 2 nitrogen and oxygen atoms in total. The third kappa shape index (κ3) is 2.74. The van der Waals surface area contributed by atoms with Gasteiger partial charge in [0.25, 0.3) is 0 Å². The van der Waals surface area contributed by atoms with Gasteiger partial charge < -0.3 is 9.73 Å². The Morgan fingerprint density at radius 3 is 2.38 bits per heavy atom. The summed E-state index contributed by atoms with van der Waals surface area (Å²) in [5.74, 6) is 2.01. The molecule has 0 atom stereocenters. The lowest BCUT2D eigenvalue weighted by molar-refractivity contribution is 0.462. The third-order valence-corrected chi connectivity index (χ3v) is 2.57. The second-order valence-corrected chi connectivity index (χ2v) is 4.06. The van der Waals surface area contributed by atoms with Crippen molar-refractivity contribution in [2.75, 3.05) is 7.05 Å². The van der Waals surface area contributed by atoms with E-state index < -0.39 is 0 Å². The molecule has 0 spiro atoms. The van der Waals surface area contributed by atoms with Crippen molar-refractivity contribution in [3.8, 4) is 0 Å². The molecule has 1 N–H and O–H groups in total. The van der Waals surface area contributed by atoms with Gasteiger partial charge in [0.15, 0.2) is 0 Å². The maximum atomic E-state index is 5.70. The summed E-state index contributed by atoms with van der Waals surface area (Å²) in [7, 11) is 1.92. The van der Waals surface area contributed by atoms with E-state index in [1.54, 1.807) is 0 Å². The van der Waals surface area contributed by atoms with Gasteiger partial charge in [-0.25, -0.2) is 0 Å². The lowest BCUT2D eigenvalue weighted by atomic mass is 10.1. The Hall–Kier alpha value is -1.54. The van der Waals surface area contributed by atoms with Crippen molar-refractivity contribution in [3.05, 3.63) is 59.0 Å². The summed E-state index contributed by atoms with van der Waals surface area (Å²) < 4.78 is 5.70. The molecule has 1 heterocycles. The van der Waals surface area contributed by atoms with Gasteiger partial charge in [-0.15, -0.1) is 0 Å². The van der Waals surface area contributed by atoms with Gasteiger partial charge in [-0.1, -0.05) is 29.8 Å². The molecule has 16 heavy (non-hydrogen) atoms. The summed E-state index contributed by atoms with van der Waals surface area (Å²) in [6.07, 6.45) is 0.865. The van der Waals surface area contributed by atoms with Crippen molar-refractivity contribution < 1.29 is 4.42 Å². The fourth-order valence-corrected chi connectivity index (χ4v) is 1.69. The van der Waals surface area contributed by atoms with Crippen LogP contribution in [0.5, 0.6) is 0 Å². The second-order valence-electron chi connectivity index (χ2n) is 4.06. The molecule has 2 heteroatoms. The predicted molar refractivity (Wildman–Crippen MR) is 65.5 cm³/mol. The SMILES string of the molecule is CNCc1ccc(Cc2ccc(C)cc2)o1. The maximum absolute atomic E-state index is 5.70. The molecular weight excluding hydrogens is 198 g/mol. The third-order valence-electron chi connectivity index (χ3n) is 2.57. The highest BCUT2D eigenvalue weighted by molar-refractivity contribution is 5.25. The van der Waals surface area contributed by atoms with Crippen molar-refractivity contribution in [1.82, 2.24) is 5.32 Å². The zero-order valence-electron chi connectivity index (χ0n) is 9.79. The number of nitrogens with one attached hydrogen (secondary N) is 1. The fourth-order valence-electron chi connectivity index (χ4n) is 1.69. The number of benzene rings is 1. The Balaban J connectivity index is 2.05. The van der Waals surface area contributed by atoms with E-state index in [-0.39, 0.29) is 0 Å². The van der Waals surface area contributed by atoms with Crippen LogP contribution in [0.3, 0.4) is 0 Å². The second kappa shape index (κ2) is 4.99. The first-order valence-corrected chi connectivity index (χ1v) is 5.55. The van der Waals surface area contributed by atoms with Gasteiger partial charge in [-0.3, -0.25) is 0 Å². The van der Waals surface area contributed by atoms with E-state index in [1.807, 2.05) is 19.2 Å². The largest absolute Gasteiger partial charge is 0.464 e. The predicted octanol–water partition coefficient (Wildman–Crippen LogP) is 2.90. The highest BCUT2D eigenvalue weighted by atomic mass is 16.3. The van der Waals surface area contributed by atoms with Crippen molar-refractivity contribution in [3.63, 3.8) is 0 Å². The van der Waals surface area contributed by atoms with Gasteiger partial charge in [-0.2, -0.15) is 0 Å². The Bertz CT molecular complexity index is 442. The minimum Gasteiger partial charge on any atom is -0.464 e. The van der Waals surface area contributed by atoms with Gasteiger partial charge in [0.2, 0.25) is 0 Å². The molecule has 84 valence electrons. The quantitative estimate of drug-likeness (QED) is 0.848. The number of rotatable bonds is 4. The Morgan fingerprint density at radius 2 is 1.69 bits per heavy atom. The van der Waals surface area contributed by atoms with Crippen LogP contribution in [-0.4, -0.2) is 7.05 Å². The highest BCUT2D eigenvalue weighted by Gasteiger charge is 2.02. The average molecular weight is 215 g/mol. The van der Waals surface area contributed by atoms with Crippen LogP contribution < -0.4 is 5.32 Å². The molecule has 0 radical (unpaired) electrons. The number of furan rings is 1. The maximum Gasteiger partial charge on any atom is 0.117 e. The van der Waals surface area contributed by atoms with Crippen LogP contribution in [0, 0.1) is 6.92 Å². The van der Waals surface area contributed by atoms with Gasteiger partial charge in [0, 0.05) is 6.42 Å². The van der Waals surface area contributed by atoms with E-state index in [1.165, 1.54) is 11.1 Å². The first-order chi connectivity index (χ1) is 7.78. The topological polar surface area (TPSA) is 25.2 Å². The summed E-state index contributed by atoms with van der Waals surface area (Å²) >= 11 is 0. The lowest BCUT2D eigenvalue weighted by Crippen LogP contribution is -2.03. The molecule has 0 unspecified atom stereocenters. The number of aryl methyl sites for hydroxylation is 1. The molecule has 0 saturated carbocycles. The minimum absolute atomic E-state index is 0.786. The Labute approximate surface area is 96.3 Å². The van der Waals surface area contributed by atoms with Crippen LogP contribution in [0.25, 0.3) is 0 Å². The molecule has 0 aliphatic rings. The summed E-state index contributed by atoms with van der Waals surface area (Å²) in [5, 5.41) is 3.07. The molecule has 2 aromatic rings. The van der Waals surface area contributed by atoms with Crippen LogP contribution >= 0.6 is 0 Å². The molecule has 0 bridgehead atoms. The summed E-state index contributed by atoms with van der Waals surface area (Å²) in [6, 6.07) is 12.6. The fraction of sp³-hybridized carbons (Fsp3) is 0.286. The van der Waals surface area contributed by atoms with E-state index in [2.05, 4.69) is 36.5 Å². The highest BCUT2D eigenvalue weighted by Crippen LogP contribution is 2.13. The van der Waals surface area contributed by atoms with Crippen LogP contribution in [0.2, 0.25) is 0 Å². The van der Waals surface area contributed by atoms with Gasteiger partial charge in [-0.05, 0) is 31.7 Å². The molecule has 0 aliphatic carbocycles.